The summed E-state index contributed by atoms with van der Waals surface area (Å²) in [5, 5.41) is 6.29. The van der Waals surface area contributed by atoms with E-state index in [-0.39, 0.29) is 17.9 Å². The molecule has 0 spiro atoms. The summed E-state index contributed by atoms with van der Waals surface area (Å²) in [5.74, 6) is 1.29. The molecule has 5 nitrogen and oxygen atoms in total. The minimum atomic E-state index is 0.0388. The quantitative estimate of drug-likeness (QED) is 0.780. The summed E-state index contributed by atoms with van der Waals surface area (Å²) in [6.45, 7) is 0.698. The molecule has 3 N–H and O–H groups in total. The molecule has 4 atom stereocenters. The van der Waals surface area contributed by atoms with E-state index in [2.05, 4.69) is 20.7 Å². The fourth-order valence-corrected chi connectivity index (χ4v) is 5.22. The van der Waals surface area contributed by atoms with Gasteiger partial charge in [-0.25, -0.2) is 4.98 Å². The highest BCUT2D eigenvalue weighted by atomic mass is 32.1. The van der Waals surface area contributed by atoms with Gasteiger partial charge in [0.15, 0.2) is 0 Å². The lowest BCUT2D eigenvalue weighted by Gasteiger charge is -2.26. The number of nitrogens with zero attached hydrogens (tertiary/aromatic N) is 2. The van der Waals surface area contributed by atoms with E-state index in [0.717, 1.165) is 35.5 Å². The highest BCUT2D eigenvalue weighted by molar-refractivity contribution is 7.09. The summed E-state index contributed by atoms with van der Waals surface area (Å²) in [6, 6.07) is 4.01. The number of nitrogens with two attached hydrogens (primary N) is 1. The van der Waals surface area contributed by atoms with Crippen molar-refractivity contribution in [3.63, 3.8) is 0 Å². The Balaban J connectivity index is 1.24. The predicted octanol–water partition coefficient (Wildman–Crippen LogP) is 2.63. The van der Waals surface area contributed by atoms with Crippen molar-refractivity contribution in [1.29, 1.82) is 0 Å². The van der Waals surface area contributed by atoms with Crippen molar-refractivity contribution in [2.24, 2.45) is 23.5 Å². The third kappa shape index (κ3) is 3.46. The van der Waals surface area contributed by atoms with Crippen LogP contribution >= 0.6 is 11.3 Å². The van der Waals surface area contributed by atoms with Gasteiger partial charge in [-0.15, -0.1) is 11.3 Å². The van der Waals surface area contributed by atoms with Crippen molar-refractivity contribution in [2.45, 2.75) is 38.1 Å². The molecule has 0 saturated heterocycles. The Morgan fingerprint density at radius 2 is 2.08 bits per heavy atom. The molecule has 4 rings (SSSR count). The first-order valence-corrected chi connectivity index (χ1v) is 9.98. The van der Waals surface area contributed by atoms with E-state index in [0.29, 0.717) is 18.4 Å². The molecule has 132 valence electrons. The molecule has 2 aromatic rings. The Labute approximate surface area is 152 Å². The summed E-state index contributed by atoms with van der Waals surface area (Å²) in [7, 11) is 0. The van der Waals surface area contributed by atoms with E-state index in [9.17, 15) is 4.79 Å². The third-order valence-corrected chi connectivity index (χ3v) is 6.59. The van der Waals surface area contributed by atoms with Gasteiger partial charge < -0.3 is 11.1 Å². The number of aromatic nitrogens is 2. The van der Waals surface area contributed by atoms with Crippen LogP contribution in [-0.2, 0) is 11.2 Å². The number of hydrogen-bond acceptors (Lipinski definition) is 5. The van der Waals surface area contributed by atoms with Gasteiger partial charge in [0.1, 0.15) is 0 Å². The van der Waals surface area contributed by atoms with Crippen LogP contribution in [0.5, 0.6) is 0 Å². The Bertz CT molecular complexity index is 730. The van der Waals surface area contributed by atoms with Gasteiger partial charge in [-0.2, -0.15) is 0 Å². The smallest absolute Gasteiger partial charge is 0.224 e. The zero-order valence-corrected chi connectivity index (χ0v) is 15.0. The second-order valence-corrected chi connectivity index (χ2v) is 8.14. The maximum absolute atomic E-state index is 12.4. The van der Waals surface area contributed by atoms with Gasteiger partial charge in [0.05, 0.1) is 16.6 Å². The summed E-state index contributed by atoms with van der Waals surface area (Å²) in [5.41, 5.74) is 8.34. The van der Waals surface area contributed by atoms with Crippen molar-refractivity contribution >= 4 is 17.2 Å². The number of carbonyl (C=O) groups is 1. The van der Waals surface area contributed by atoms with Gasteiger partial charge in [-0.05, 0) is 49.7 Å². The summed E-state index contributed by atoms with van der Waals surface area (Å²) >= 11 is 1.67. The summed E-state index contributed by atoms with van der Waals surface area (Å²) in [6.07, 6.45) is 8.89. The number of aryl methyl sites for hydroxylation is 1. The van der Waals surface area contributed by atoms with Crippen LogP contribution < -0.4 is 11.1 Å². The number of hydrogen-bond donors (Lipinski definition) is 2. The van der Waals surface area contributed by atoms with Crippen LogP contribution in [-0.4, -0.2) is 28.5 Å². The SMILES string of the molecule is NC1C2CCC(C2)C1C(=O)NCCCc1nc(-c2ccncc2)cs1. The van der Waals surface area contributed by atoms with Crippen molar-refractivity contribution in [3.8, 4) is 11.3 Å². The molecular weight excluding hydrogens is 332 g/mol. The van der Waals surface area contributed by atoms with Gasteiger partial charge in [0.2, 0.25) is 5.91 Å². The number of pyridine rings is 1. The number of fused-ring (bicyclic) bond motifs is 2. The molecule has 2 fully saturated rings. The van der Waals surface area contributed by atoms with E-state index in [1.807, 2.05) is 12.1 Å². The van der Waals surface area contributed by atoms with Gasteiger partial charge in [-0.1, -0.05) is 0 Å². The molecule has 2 aliphatic carbocycles. The summed E-state index contributed by atoms with van der Waals surface area (Å²) in [4.78, 5) is 21.1. The van der Waals surface area contributed by atoms with E-state index in [1.54, 1.807) is 23.7 Å². The fourth-order valence-electron chi connectivity index (χ4n) is 4.37. The van der Waals surface area contributed by atoms with Crippen LogP contribution in [0.15, 0.2) is 29.9 Å². The monoisotopic (exact) mass is 356 g/mol. The van der Waals surface area contributed by atoms with E-state index < -0.39 is 0 Å². The molecule has 2 bridgehead atoms. The lowest BCUT2D eigenvalue weighted by Crippen LogP contribution is -2.45. The molecule has 0 aromatic carbocycles. The molecule has 2 heterocycles. The first-order chi connectivity index (χ1) is 12.2. The van der Waals surface area contributed by atoms with E-state index >= 15 is 0 Å². The second-order valence-electron chi connectivity index (χ2n) is 7.19. The van der Waals surface area contributed by atoms with Crippen molar-refractivity contribution in [1.82, 2.24) is 15.3 Å². The van der Waals surface area contributed by atoms with Crippen LogP contribution in [0.2, 0.25) is 0 Å². The molecule has 2 aliphatic rings. The first kappa shape index (κ1) is 16.7. The van der Waals surface area contributed by atoms with Gasteiger partial charge in [0.25, 0.3) is 0 Å². The fraction of sp³-hybridized carbons (Fsp3) is 0.526. The van der Waals surface area contributed by atoms with Crippen molar-refractivity contribution in [3.05, 3.63) is 34.9 Å². The van der Waals surface area contributed by atoms with Gasteiger partial charge in [0, 0.05) is 42.3 Å². The molecule has 2 saturated carbocycles. The normalized spacial score (nSPS) is 27.6. The zero-order chi connectivity index (χ0) is 17.2. The van der Waals surface area contributed by atoms with Crippen LogP contribution in [0.25, 0.3) is 11.3 Å². The van der Waals surface area contributed by atoms with Crippen LogP contribution in [0.1, 0.15) is 30.7 Å². The van der Waals surface area contributed by atoms with Crippen LogP contribution in [0, 0.1) is 17.8 Å². The Kier molecular flexibility index (Phi) is 4.81. The average Bonchev–Trinajstić information content (AvgIpc) is 3.35. The van der Waals surface area contributed by atoms with E-state index in [1.165, 1.54) is 12.8 Å². The molecule has 25 heavy (non-hydrogen) atoms. The van der Waals surface area contributed by atoms with Crippen LogP contribution in [0.4, 0.5) is 0 Å². The maximum Gasteiger partial charge on any atom is 0.224 e. The first-order valence-electron chi connectivity index (χ1n) is 9.10. The largest absolute Gasteiger partial charge is 0.356 e. The standard InChI is InChI=1S/C19H24N4OS/c20-18-14-4-3-13(10-14)17(18)19(24)22-7-1-2-16-23-15(11-25-16)12-5-8-21-9-6-12/h5-6,8-9,11,13-14,17-18H,1-4,7,10,20H2,(H,22,24). The molecular formula is C19H24N4OS. The molecule has 4 unspecified atom stereocenters. The highest BCUT2D eigenvalue weighted by Gasteiger charge is 2.48. The highest BCUT2D eigenvalue weighted by Crippen LogP contribution is 2.47. The average molecular weight is 356 g/mol. The molecule has 6 heteroatoms. The lowest BCUT2D eigenvalue weighted by atomic mass is 9.84. The molecule has 1 amide bonds. The number of carbonyl (C=O) groups excluding carboxylic acids is 1. The number of nitrogens with one attached hydrogen (secondary N) is 1. The van der Waals surface area contributed by atoms with E-state index in [4.69, 9.17) is 5.73 Å². The number of amides is 1. The van der Waals surface area contributed by atoms with Gasteiger partial charge in [-0.3, -0.25) is 9.78 Å². The summed E-state index contributed by atoms with van der Waals surface area (Å²) < 4.78 is 0. The Morgan fingerprint density at radius 1 is 1.28 bits per heavy atom. The number of rotatable bonds is 6. The minimum Gasteiger partial charge on any atom is -0.356 e. The molecule has 0 aliphatic heterocycles. The third-order valence-electron chi connectivity index (χ3n) is 5.68. The molecule has 2 aromatic heterocycles. The van der Waals surface area contributed by atoms with Crippen molar-refractivity contribution in [2.75, 3.05) is 6.54 Å². The van der Waals surface area contributed by atoms with Gasteiger partial charge >= 0.3 is 0 Å². The molecule has 0 radical (unpaired) electrons. The predicted molar refractivity (Wildman–Crippen MR) is 99.0 cm³/mol. The minimum absolute atomic E-state index is 0.0388. The maximum atomic E-state index is 12.4. The van der Waals surface area contributed by atoms with Crippen molar-refractivity contribution < 1.29 is 4.79 Å². The Hall–Kier alpha value is -1.79. The van der Waals surface area contributed by atoms with Crippen LogP contribution in [0.3, 0.4) is 0 Å². The number of thiazole rings is 1. The zero-order valence-electron chi connectivity index (χ0n) is 14.2. The topological polar surface area (TPSA) is 80.9 Å². The Morgan fingerprint density at radius 3 is 2.84 bits per heavy atom. The second kappa shape index (κ2) is 7.22. The lowest BCUT2D eigenvalue weighted by molar-refractivity contribution is -0.127.